The van der Waals surface area contributed by atoms with Crippen LogP contribution in [0.2, 0.25) is 0 Å². The minimum atomic E-state index is -0.183. The zero-order valence-corrected chi connectivity index (χ0v) is 16.5. The normalized spacial score (nSPS) is 16.8. The maximum Gasteiger partial charge on any atom is 0.274 e. The van der Waals surface area contributed by atoms with Crippen LogP contribution in [0.4, 0.5) is 0 Å². The second kappa shape index (κ2) is 7.98. The zero-order chi connectivity index (χ0) is 20.4. The van der Waals surface area contributed by atoms with Crippen molar-refractivity contribution in [3.05, 3.63) is 53.3 Å². The summed E-state index contributed by atoms with van der Waals surface area (Å²) in [7, 11) is 0. The molecule has 3 aromatic rings. The molecule has 0 bridgehead atoms. The Bertz CT molecular complexity index is 1000. The van der Waals surface area contributed by atoms with E-state index in [1.54, 1.807) is 42.4 Å². The number of hydrogen-bond acceptors (Lipinski definition) is 5. The molecule has 0 radical (unpaired) electrons. The number of likely N-dealkylation sites (tertiary alicyclic amines) is 1. The van der Waals surface area contributed by atoms with Crippen LogP contribution in [0.15, 0.2) is 39.4 Å². The van der Waals surface area contributed by atoms with Crippen molar-refractivity contribution >= 4 is 11.8 Å². The van der Waals surface area contributed by atoms with Gasteiger partial charge < -0.3 is 19.1 Å². The molecule has 8 nitrogen and oxygen atoms in total. The quantitative estimate of drug-likeness (QED) is 0.688. The van der Waals surface area contributed by atoms with E-state index in [2.05, 4.69) is 15.5 Å². The van der Waals surface area contributed by atoms with Crippen molar-refractivity contribution in [1.29, 1.82) is 0 Å². The first kappa shape index (κ1) is 19.0. The van der Waals surface area contributed by atoms with Gasteiger partial charge in [0.2, 0.25) is 0 Å². The Morgan fingerprint density at radius 2 is 2.17 bits per heavy atom. The van der Waals surface area contributed by atoms with Gasteiger partial charge in [-0.25, -0.2) is 0 Å². The lowest BCUT2D eigenvalue weighted by atomic mass is 10.0. The highest BCUT2D eigenvalue weighted by Crippen LogP contribution is 2.22. The van der Waals surface area contributed by atoms with Crippen molar-refractivity contribution in [3.8, 4) is 11.5 Å². The highest BCUT2D eigenvalue weighted by molar-refractivity contribution is 5.95. The van der Waals surface area contributed by atoms with Crippen LogP contribution in [0.3, 0.4) is 0 Å². The molecule has 8 heteroatoms. The molecule has 4 rings (SSSR count). The van der Waals surface area contributed by atoms with Crippen molar-refractivity contribution in [1.82, 2.24) is 20.4 Å². The molecule has 1 aliphatic rings. The Hall–Kier alpha value is -3.29. The zero-order valence-electron chi connectivity index (χ0n) is 16.5. The van der Waals surface area contributed by atoms with Gasteiger partial charge in [-0.05, 0) is 51.3 Å². The van der Waals surface area contributed by atoms with E-state index < -0.39 is 0 Å². The molecular formula is C21H24N4O4. The van der Waals surface area contributed by atoms with E-state index in [1.165, 1.54) is 0 Å². The van der Waals surface area contributed by atoms with Crippen molar-refractivity contribution in [3.63, 3.8) is 0 Å². The Labute approximate surface area is 168 Å². The van der Waals surface area contributed by atoms with Crippen molar-refractivity contribution in [2.24, 2.45) is 0 Å². The predicted octanol–water partition coefficient (Wildman–Crippen LogP) is 3.30. The van der Waals surface area contributed by atoms with Gasteiger partial charge in [0.1, 0.15) is 17.2 Å². The molecule has 0 aromatic carbocycles. The van der Waals surface area contributed by atoms with Gasteiger partial charge in [0.05, 0.1) is 11.8 Å². The molecular weight excluding hydrogens is 372 g/mol. The van der Waals surface area contributed by atoms with Crippen LogP contribution in [0.25, 0.3) is 11.5 Å². The number of aromatic nitrogens is 2. The average Bonchev–Trinajstić information content (AvgIpc) is 3.46. The molecule has 1 fully saturated rings. The van der Waals surface area contributed by atoms with Crippen LogP contribution in [0.1, 0.15) is 51.6 Å². The lowest BCUT2D eigenvalue weighted by Crippen LogP contribution is -2.49. The third kappa shape index (κ3) is 3.96. The fourth-order valence-corrected chi connectivity index (χ4v) is 3.78. The van der Waals surface area contributed by atoms with Crippen LogP contribution in [-0.4, -0.2) is 46.0 Å². The van der Waals surface area contributed by atoms with Crippen LogP contribution in [-0.2, 0) is 0 Å². The number of carbonyl (C=O) groups excluding carboxylic acids is 2. The SMILES string of the molecule is Cc1cc(C(=O)NCC2CCCCN2C(=O)c2cc(-c3ccco3)[nH]n2)c(C)o1. The number of aryl methyl sites for hydroxylation is 2. The third-order valence-corrected chi connectivity index (χ3v) is 5.26. The minimum absolute atomic E-state index is 0.0720. The smallest absolute Gasteiger partial charge is 0.274 e. The van der Waals surface area contributed by atoms with E-state index in [0.29, 0.717) is 47.3 Å². The first-order valence-corrected chi connectivity index (χ1v) is 9.78. The lowest BCUT2D eigenvalue weighted by Gasteiger charge is -2.35. The fraction of sp³-hybridized carbons (Fsp3) is 0.381. The lowest BCUT2D eigenvalue weighted by molar-refractivity contribution is 0.0596. The van der Waals surface area contributed by atoms with Crippen LogP contribution < -0.4 is 5.32 Å². The van der Waals surface area contributed by atoms with Crippen molar-refractivity contribution < 1.29 is 18.4 Å². The second-order valence-electron chi connectivity index (χ2n) is 7.33. The molecule has 3 aromatic heterocycles. The van der Waals surface area contributed by atoms with E-state index in [-0.39, 0.29) is 17.9 Å². The third-order valence-electron chi connectivity index (χ3n) is 5.26. The Balaban J connectivity index is 1.44. The Morgan fingerprint density at radius 3 is 2.90 bits per heavy atom. The summed E-state index contributed by atoms with van der Waals surface area (Å²) in [5, 5.41) is 9.97. The number of hydrogen-bond donors (Lipinski definition) is 2. The largest absolute Gasteiger partial charge is 0.466 e. The van der Waals surface area contributed by atoms with Gasteiger partial charge in [-0.3, -0.25) is 14.7 Å². The van der Waals surface area contributed by atoms with E-state index >= 15 is 0 Å². The molecule has 0 spiro atoms. The number of nitrogens with zero attached hydrogens (tertiary/aromatic N) is 2. The fourth-order valence-electron chi connectivity index (χ4n) is 3.78. The summed E-state index contributed by atoms with van der Waals surface area (Å²) in [5.41, 5.74) is 1.54. The topological polar surface area (TPSA) is 104 Å². The van der Waals surface area contributed by atoms with E-state index in [0.717, 1.165) is 19.3 Å². The maximum atomic E-state index is 13.1. The molecule has 2 N–H and O–H groups in total. The molecule has 29 heavy (non-hydrogen) atoms. The number of nitrogens with one attached hydrogen (secondary N) is 2. The van der Waals surface area contributed by atoms with Gasteiger partial charge in [-0.2, -0.15) is 5.10 Å². The van der Waals surface area contributed by atoms with Crippen LogP contribution in [0.5, 0.6) is 0 Å². The predicted molar refractivity (Wildman–Crippen MR) is 105 cm³/mol. The number of carbonyl (C=O) groups is 2. The molecule has 152 valence electrons. The first-order valence-electron chi connectivity index (χ1n) is 9.78. The minimum Gasteiger partial charge on any atom is -0.466 e. The van der Waals surface area contributed by atoms with Crippen LogP contribution in [0, 0.1) is 13.8 Å². The van der Waals surface area contributed by atoms with Gasteiger partial charge in [0.15, 0.2) is 11.5 Å². The summed E-state index contributed by atoms with van der Waals surface area (Å²) in [5.74, 6) is 1.60. The van der Waals surface area contributed by atoms with Gasteiger partial charge in [0, 0.05) is 25.2 Å². The Kier molecular flexibility index (Phi) is 5.24. The number of piperidine rings is 1. The van der Waals surface area contributed by atoms with Crippen molar-refractivity contribution in [2.45, 2.75) is 39.2 Å². The summed E-state index contributed by atoms with van der Waals surface area (Å²) >= 11 is 0. The Morgan fingerprint density at radius 1 is 1.31 bits per heavy atom. The summed E-state index contributed by atoms with van der Waals surface area (Å²) in [4.78, 5) is 27.4. The van der Waals surface area contributed by atoms with E-state index in [1.807, 2.05) is 6.92 Å². The molecule has 1 atom stereocenters. The number of rotatable bonds is 5. The van der Waals surface area contributed by atoms with Gasteiger partial charge >= 0.3 is 0 Å². The highest BCUT2D eigenvalue weighted by atomic mass is 16.3. The number of furan rings is 2. The summed E-state index contributed by atoms with van der Waals surface area (Å²) in [6.45, 7) is 4.62. The van der Waals surface area contributed by atoms with Gasteiger partial charge in [0.25, 0.3) is 11.8 Å². The van der Waals surface area contributed by atoms with Crippen molar-refractivity contribution in [2.75, 3.05) is 13.1 Å². The van der Waals surface area contributed by atoms with E-state index in [4.69, 9.17) is 8.83 Å². The summed E-state index contributed by atoms with van der Waals surface area (Å²) in [6.07, 6.45) is 4.37. The molecule has 0 saturated carbocycles. The summed E-state index contributed by atoms with van der Waals surface area (Å²) < 4.78 is 10.8. The summed E-state index contributed by atoms with van der Waals surface area (Å²) in [6, 6.07) is 6.94. The standard InChI is InChI=1S/C21H24N4O4/c1-13-10-16(14(2)29-13)20(26)22-12-15-6-3-4-8-25(15)21(27)18-11-17(23-24-18)19-7-5-9-28-19/h5,7,9-11,15H,3-4,6,8,12H2,1-2H3,(H,22,26)(H,23,24). The molecule has 1 unspecified atom stereocenters. The van der Waals surface area contributed by atoms with Gasteiger partial charge in [-0.15, -0.1) is 0 Å². The number of aromatic amines is 1. The molecule has 1 aliphatic heterocycles. The molecule has 2 amide bonds. The monoisotopic (exact) mass is 396 g/mol. The number of amides is 2. The molecule has 0 aliphatic carbocycles. The van der Waals surface area contributed by atoms with Gasteiger partial charge in [-0.1, -0.05) is 0 Å². The average molecular weight is 396 g/mol. The highest BCUT2D eigenvalue weighted by Gasteiger charge is 2.29. The van der Waals surface area contributed by atoms with E-state index in [9.17, 15) is 9.59 Å². The van der Waals surface area contributed by atoms with Crippen LogP contribution >= 0.6 is 0 Å². The maximum absolute atomic E-state index is 13.1. The number of H-pyrrole nitrogens is 1. The first-order chi connectivity index (χ1) is 14.0. The molecule has 4 heterocycles. The second-order valence-corrected chi connectivity index (χ2v) is 7.33. The molecule has 1 saturated heterocycles.